The van der Waals surface area contributed by atoms with E-state index in [0.29, 0.717) is 32.1 Å². The molecule has 0 radical (unpaired) electrons. The molecule has 0 unspecified atom stereocenters. The number of hydrogen-bond acceptors (Lipinski definition) is 2. The number of rotatable bonds is 7. The summed E-state index contributed by atoms with van der Waals surface area (Å²) in [5, 5.41) is 2.47. The van der Waals surface area contributed by atoms with Crippen LogP contribution >= 0.6 is 0 Å². The number of nitrogens with one attached hydrogen (secondary N) is 1. The molecule has 1 amide bonds. The van der Waals surface area contributed by atoms with E-state index < -0.39 is 23.1 Å². The number of carbonyl (C=O) groups excluding carboxylic acids is 1. The van der Waals surface area contributed by atoms with Crippen LogP contribution in [-0.4, -0.2) is 25.7 Å². The van der Waals surface area contributed by atoms with Crippen molar-refractivity contribution in [3.05, 3.63) is 35.4 Å². The first kappa shape index (κ1) is 15.6. The molecule has 0 spiro atoms. The second-order valence-electron chi connectivity index (χ2n) is 4.67. The Morgan fingerprint density at radius 1 is 1.32 bits per heavy atom. The zero-order valence-electron chi connectivity index (χ0n) is 11.2. The highest BCUT2D eigenvalue weighted by Crippen LogP contribution is 2.11. The maximum Gasteiger partial charge on any atom is 0.257 e. The number of hydrogen-bond donors (Lipinski definition) is 1. The van der Waals surface area contributed by atoms with Crippen LogP contribution in [0.2, 0.25) is 0 Å². The third-order valence-electron chi connectivity index (χ3n) is 2.39. The number of halogens is 2. The molecule has 0 heterocycles. The van der Waals surface area contributed by atoms with Crippen LogP contribution in [0.15, 0.2) is 18.2 Å². The highest BCUT2D eigenvalue weighted by molar-refractivity contribution is 5.94. The summed E-state index contributed by atoms with van der Waals surface area (Å²) in [5.41, 5.74) is -0.536. The Bertz CT molecular complexity index is 402. The Morgan fingerprint density at radius 2 is 1.95 bits per heavy atom. The Morgan fingerprint density at radius 3 is 2.53 bits per heavy atom. The van der Waals surface area contributed by atoms with Gasteiger partial charge in [0.15, 0.2) is 0 Å². The highest BCUT2D eigenvalue weighted by Gasteiger charge is 2.15. The van der Waals surface area contributed by atoms with E-state index in [1.807, 2.05) is 13.8 Å². The average Bonchev–Trinajstić information content (AvgIpc) is 2.33. The molecule has 19 heavy (non-hydrogen) atoms. The molecule has 0 aliphatic heterocycles. The van der Waals surface area contributed by atoms with Crippen molar-refractivity contribution >= 4 is 5.91 Å². The van der Waals surface area contributed by atoms with Gasteiger partial charge in [0.25, 0.3) is 5.91 Å². The van der Waals surface area contributed by atoms with Crippen LogP contribution in [0.25, 0.3) is 0 Å². The third-order valence-corrected chi connectivity index (χ3v) is 2.39. The van der Waals surface area contributed by atoms with Crippen molar-refractivity contribution in [1.29, 1.82) is 0 Å². The Labute approximate surface area is 112 Å². The second kappa shape index (κ2) is 7.84. The molecule has 0 atom stereocenters. The SMILES string of the molecule is CC(C)COCCCNC(=O)c1c(F)cccc1F. The first-order valence-corrected chi connectivity index (χ1v) is 6.32. The first-order valence-electron chi connectivity index (χ1n) is 6.32. The molecule has 1 aromatic carbocycles. The highest BCUT2D eigenvalue weighted by atomic mass is 19.1. The van der Waals surface area contributed by atoms with Gasteiger partial charge in [-0.3, -0.25) is 4.79 Å². The molecular weight excluding hydrogens is 252 g/mol. The maximum atomic E-state index is 13.3. The van der Waals surface area contributed by atoms with Gasteiger partial charge in [-0.1, -0.05) is 19.9 Å². The summed E-state index contributed by atoms with van der Waals surface area (Å²) in [6.45, 7) is 5.59. The van der Waals surface area contributed by atoms with Crippen LogP contribution in [0.3, 0.4) is 0 Å². The number of amides is 1. The molecule has 0 bridgehead atoms. The Kier molecular flexibility index (Phi) is 6.42. The molecule has 1 rings (SSSR count). The standard InChI is InChI=1S/C14H19F2NO2/c1-10(2)9-19-8-4-7-17-14(18)13-11(15)5-3-6-12(13)16/h3,5-6,10H,4,7-9H2,1-2H3,(H,17,18). The lowest BCUT2D eigenvalue weighted by molar-refractivity contribution is 0.0917. The van der Waals surface area contributed by atoms with E-state index in [9.17, 15) is 13.6 Å². The molecule has 0 aliphatic rings. The smallest absolute Gasteiger partial charge is 0.257 e. The molecule has 0 aromatic heterocycles. The largest absolute Gasteiger partial charge is 0.381 e. The molecule has 0 fully saturated rings. The van der Waals surface area contributed by atoms with Gasteiger partial charge < -0.3 is 10.1 Å². The lowest BCUT2D eigenvalue weighted by Crippen LogP contribution is -2.27. The number of benzene rings is 1. The third kappa shape index (κ3) is 5.34. The number of ether oxygens (including phenoxy) is 1. The lowest BCUT2D eigenvalue weighted by Gasteiger charge is -2.08. The van der Waals surface area contributed by atoms with E-state index in [1.165, 1.54) is 6.07 Å². The molecule has 0 saturated carbocycles. The van der Waals surface area contributed by atoms with Crippen LogP contribution < -0.4 is 5.32 Å². The van der Waals surface area contributed by atoms with Crippen molar-refractivity contribution < 1.29 is 18.3 Å². The topological polar surface area (TPSA) is 38.3 Å². The van der Waals surface area contributed by atoms with Gasteiger partial charge in [-0.25, -0.2) is 8.78 Å². The summed E-state index contributed by atoms with van der Waals surface area (Å²) in [7, 11) is 0. The minimum atomic E-state index is -0.853. The summed E-state index contributed by atoms with van der Waals surface area (Å²) in [6, 6.07) is 3.34. The predicted octanol–water partition coefficient (Wildman–Crippen LogP) is 2.76. The average molecular weight is 271 g/mol. The van der Waals surface area contributed by atoms with Crippen LogP contribution in [0.4, 0.5) is 8.78 Å². The van der Waals surface area contributed by atoms with E-state index in [-0.39, 0.29) is 0 Å². The molecule has 106 valence electrons. The molecule has 1 N–H and O–H groups in total. The van der Waals surface area contributed by atoms with E-state index >= 15 is 0 Å². The molecule has 0 saturated heterocycles. The van der Waals surface area contributed by atoms with Crippen molar-refractivity contribution in [1.82, 2.24) is 5.32 Å². The van der Waals surface area contributed by atoms with Crippen LogP contribution in [0, 0.1) is 17.6 Å². The zero-order chi connectivity index (χ0) is 14.3. The van der Waals surface area contributed by atoms with Crippen molar-refractivity contribution in [2.75, 3.05) is 19.8 Å². The fraction of sp³-hybridized carbons (Fsp3) is 0.500. The van der Waals surface area contributed by atoms with Gasteiger partial charge in [0.1, 0.15) is 17.2 Å². The van der Waals surface area contributed by atoms with Crippen molar-refractivity contribution in [2.45, 2.75) is 20.3 Å². The van der Waals surface area contributed by atoms with E-state index in [2.05, 4.69) is 5.32 Å². The van der Waals surface area contributed by atoms with Gasteiger partial charge in [0.2, 0.25) is 0 Å². The van der Waals surface area contributed by atoms with Crippen LogP contribution in [-0.2, 0) is 4.74 Å². The van der Waals surface area contributed by atoms with Crippen LogP contribution in [0.5, 0.6) is 0 Å². The summed E-state index contributed by atoms with van der Waals surface area (Å²) in [4.78, 5) is 11.6. The normalized spacial score (nSPS) is 10.8. The van der Waals surface area contributed by atoms with E-state index in [4.69, 9.17) is 4.74 Å². The van der Waals surface area contributed by atoms with Gasteiger partial charge in [-0.05, 0) is 24.5 Å². The molecule has 0 aliphatic carbocycles. The van der Waals surface area contributed by atoms with Crippen LogP contribution in [0.1, 0.15) is 30.6 Å². The van der Waals surface area contributed by atoms with Gasteiger partial charge in [0.05, 0.1) is 0 Å². The predicted molar refractivity (Wildman–Crippen MR) is 69.0 cm³/mol. The maximum absolute atomic E-state index is 13.3. The zero-order valence-corrected chi connectivity index (χ0v) is 11.2. The quantitative estimate of drug-likeness (QED) is 0.774. The summed E-state index contributed by atoms with van der Waals surface area (Å²) >= 11 is 0. The van der Waals surface area contributed by atoms with Crippen molar-refractivity contribution in [3.8, 4) is 0 Å². The van der Waals surface area contributed by atoms with Crippen molar-refractivity contribution in [2.24, 2.45) is 5.92 Å². The minimum absolute atomic E-state index is 0.324. The van der Waals surface area contributed by atoms with E-state index in [1.54, 1.807) is 0 Å². The van der Waals surface area contributed by atoms with Crippen molar-refractivity contribution in [3.63, 3.8) is 0 Å². The fourth-order valence-corrected chi connectivity index (χ4v) is 1.50. The second-order valence-corrected chi connectivity index (χ2v) is 4.67. The molecule has 5 heteroatoms. The fourth-order valence-electron chi connectivity index (χ4n) is 1.50. The Balaban J connectivity index is 2.32. The van der Waals surface area contributed by atoms with Gasteiger partial charge in [-0.15, -0.1) is 0 Å². The van der Waals surface area contributed by atoms with Gasteiger partial charge in [-0.2, -0.15) is 0 Å². The van der Waals surface area contributed by atoms with E-state index in [0.717, 1.165) is 12.1 Å². The molecular formula is C14H19F2NO2. The summed E-state index contributed by atoms with van der Waals surface area (Å²) in [5.74, 6) is -1.98. The molecule has 3 nitrogen and oxygen atoms in total. The molecule has 1 aromatic rings. The minimum Gasteiger partial charge on any atom is -0.381 e. The van der Waals surface area contributed by atoms with Gasteiger partial charge in [0, 0.05) is 19.8 Å². The number of carbonyl (C=O) groups is 1. The lowest BCUT2D eigenvalue weighted by atomic mass is 10.2. The Hall–Kier alpha value is -1.49. The first-order chi connectivity index (χ1) is 9.02. The summed E-state index contributed by atoms with van der Waals surface area (Å²) < 4.78 is 31.9. The van der Waals surface area contributed by atoms with Gasteiger partial charge >= 0.3 is 0 Å². The summed E-state index contributed by atoms with van der Waals surface area (Å²) in [6.07, 6.45) is 0.606. The monoisotopic (exact) mass is 271 g/mol.